The summed E-state index contributed by atoms with van der Waals surface area (Å²) in [4.78, 5) is 25.3. The molecule has 1 aliphatic rings. The van der Waals surface area contributed by atoms with Gasteiger partial charge in [0.15, 0.2) is 17.3 Å². The highest BCUT2D eigenvalue weighted by Gasteiger charge is 2.29. The molecule has 0 saturated heterocycles. The molecule has 2 rings (SSSR count). The van der Waals surface area contributed by atoms with Gasteiger partial charge < -0.3 is 31.5 Å². The van der Waals surface area contributed by atoms with Crippen molar-refractivity contribution in [3.8, 4) is 0 Å². The van der Waals surface area contributed by atoms with Gasteiger partial charge in [-0.3, -0.25) is 0 Å². The molecule has 25 heavy (non-hydrogen) atoms. The SMILES string of the molecule is CCCN[C@H]1CCc2nc(N)sc2C1.Cl.O=C(O)C(O)C(O)C(=O)O. The smallest absolute Gasteiger partial charge is 0.335 e. The number of carboxylic acids is 2. The number of halogens is 1. The van der Waals surface area contributed by atoms with Crippen molar-refractivity contribution in [3.05, 3.63) is 10.6 Å². The summed E-state index contributed by atoms with van der Waals surface area (Å²) in [6.07, 6.45) is 0.0777. The van der Waals surface area contributed by atoms with Gasteiger partial charge in [0.25, 0.3) is 0 Å². The van der Waals surface area contributed by atoms with E-state index in [-0.39, 0.29) is 12.4 Å². The van der Waals surface area contributed by atoms with Gasteiger partial charge in [-0.2, -0.15) is 0 Å². The van der Waals surface area contributed by atoms with Gasteiger partial charge >= 0.3 is 11.9 Å². The molecule has 3 atom stereocenters. The molecule has 2 unspecified atom stereocenters. The quantitative estimate of drug-likeness (QED) is 0.383. The van der Waals surface area contributed by atoms with Crippen molar-refractivity contribution in [2.45, 2.75) is 50.9 Å². The highest BCUT2D eigenvalue weighted by atomic mass is 35.5. The third kappa shape index (κ3) is 7.53. The van der Waals surface area contributed by atoms with E-state index in [2.05, 4.69) is 17.2 Å². The lowest BCUT2D eigenvalue weighted by molar-refractivity contribution is -0.165. The molecule has 1 aromatic heterocycles. The van der Waals surface area contributed by atoms with E-state index in [0.29, 0.717) is 6.04 Å². The molecule has 1 aliphatic carbocycles. The average molecular weight is 398 g/mol. The van der Waals surface area contributed by atoms with Crippen molar-refractivity contribution < 1.29 is 30.0 Å². The molecule has 1 aromatic rings. The predicted octanol–water partition coefficient (Wildman–Crippen LogP) is -0.119. The minimum absolute atomic E-state index is 0. The zero-order valence-corrected chi connectivity index (χ0v) is 15.3. The monoisotopic (exact) mass is 397 g/mol. The number of aliphatic hydroxyl groups excluding tert-OH is 2. The Morgan fingerprint density at radius 2 is 1.88 bits per heavy atom. The normalized spacial score (nSPS) is 18.0. The minimum atomic E-state index is -2.27. The molecule has 0 saturated carbocycles. The second kappa shape index (κ2) is 11.2. The fourth-order valence-corrected chi connectivity index (χ4v) is 3.15. The van der Waals surface area contributed by atoms with Crippen LogP contribution in [-0.2, 0) is 22.4 Å². The molecule has 7 N–H and O–H groups in total. The van der Waals surface area contributed by atoms with Gasteiger partial charge in [0.1, 0.15) is 0 Å². The topological polar surface area (TPSA) is 166 Å². The summed E-state index contributed by atoms with van der Waals surface area (Å²) >= 11 is 1.65. The fraction of sp³-hybridized carbons (Fsp3) is 0.643. The van der Waals surface area contributed by atoms with E-state index in [4.69, 9.17) is 26.2 Å². The van der Waals surface area contributed by atoms with Gasteiger partial charge in [-0.15, -0.1) is 23.7 Å². The first kappa shape index (κ1) is 23.5. The molecule has 1 heterocycles. The fourth-order valence-electron chi connectivity index (χ4n) is 2.19. The predicted molar refractivity (Wildman–Crippen MR) is 95.2 cm³/mol. The van der Waals surface area contributed by atoms with Crippen LogP contribution in [0.5, 0.6) is 0 Å². The third-order valence-corrected chi connectivity index (χ3v) is 4.39. The molecule has 0 fully saturated rings. The number of nitrogen functional groups attached to an aromatic ring is 1. The Labute approximate surface area is 155 Å². The molecule has 9 nitrogen and oxygen atoms in total. The molecule has 0 spiro atoms. The molecular formula is C14H24ClN3O6S. The van der Waals surface area contributed by atoms with Crippen LogP contribution in [0, 0.1) is 0 Å². The number of aromatic nitrogens is 1. The van der Waals surface area contributed by atoms with E-state index < -0.39 is 24.1 Å². The number of rotatable bonds is 6. The van der Waals surface area contributed by atoms with Crippen LogP contribution in [0.4, 0.5) is 5.13 Å². The van der Waals surface area contributed by atoms with Crippen LogP contribution in [0.15, 0.2) is 0 Å². The average Bonchev–Trinajstić information content (AvgIpc) is 2.91. The molecule has 11 heteroatoms. The standard InChI is InChI=1S/C10H17N3S.C4H6O6.ClH/c1-2-5-12-7-3-4-8-9(6-7)14-10(11)13-8;5-1(3(7)8)2(6)4(9)10;/h7,12H,2-6H2,1H3,(H2,11,13);1-2,5-6H,(H,7,8)(H,9,10);1H/t7-;;/m0../s1. The first-order valence-electron chi connectivity index (χ1n) is 7.55. The van der Waals surface area contributed by atoms with Crippen LogP contribution in [0.3, 0.4) is 0 Å². The molecule has 0 amide bonds. The van der Waals surface area contributed by atoms with E-state index >= 15 is 0 Å². The zero-order valence-electron chi connectivity index (χ0n) is 13.7. The van der Waals surface area contributed by atoms with E-state index in [9.17, 15) is 9.59 Å². The highest BCUT2D eigenvalue weighted by molar-refractivity contribution is 7.15. The zero-order chi connectivity index (χ0) is 18.3. The number of nitrogens with one attached hydrogen (secondary N) is 1. The molecule has 144 valence electrons. The molecule has 0 radical (unpaired) electrons. The number of anilines is 1. The molecule has 0 aromatic carbocycles. The van der Waals surface area contributed by atoms with Crippen LogP contribution in [0.25, 0.3) is 0 Å². The van der Waals surface area contributed by atoms with Crippen molar-refractivity contribution in [1.82, 2.24) is 10.3 Å². The molecular weight excluding hydrogens is 374 g/mol. The Hall–Kier alpha value is -1.46. The van der Waals surface area contributed by atoms with Gasteiger partial charge in [-0.1, -0.05) is 6.92 Å². The van der Waals surface area contributed by atoms with E-state index in [1.807, 2.05) is 0 Å². The number of fused-ring (bicyclic) bond motifs is 1. The minimum Gasteiger partial charge on any atom is -0.479 e. The molecule has 0 bridgehead atoms. The number of hydrogen-bond donors (Lipinski definition) is 6. The second-order valence-corrected chi connectivity index (χ2v) is 6.50. The van der Waals surface area contributed by atoms with Crippen molar-refractivity contribution in [2.24, 2.45) is 0 Å². The number of nitrogens with zero attached hydrogens (tertiary/aromatic N) is 1. The number of nitrogens with two attached hydrogens (primary N) is 1. The number of carbonyl (C=O) groups is 2. The van der Waals surface area contributed by atoms with Crippen molar-refractivity contribution in [1.29, 1.82) is 0 Å². The summed E-state index contributed by atoms with van der Waals surface area (Å²) in [5.74, 6) is -3.54. The van der Waals surface area contributed by atoms with Crippen molar-refractivity contribution >= 4 is 40.8 Å². The largest absolute Gasteiger partial charge is 0.479 e. The first-order chi connectivity index (χ1) is 11.3. The number of aryl methyl sites for hydroxylation is 1. The summed E-state index contributed by atoms with van der Waals surface area (Å²) in [7, 11) is 0. The Morgan fingerprint density at radius 3 is 2.36 bits per heavy atom. The Morgan fingerprint density at radius 1 is 1.32 bits per heavy atom. The number of carboxylic acid groups (broad SMARTS) is 2. The Balaban J connectivity index is 0.000000471. The maximum absolute atomic E-state index is 9.77. The van der Waals surface area contributed by atoms with Gasteiger partial charge in [0, 0.05) is 10.9 Å². The van der Waals surface area contributed by atoms with E-state index in [1.165, 1.54) is 23.4 Å². The summed E-state index contributed by atoms with van der Waals surface area (Å²) in [5.41, 5.74) is 6.93. The lowest BCUT2D eigenvalue weighted by Crippen LogP contribution is -2.39. The summed E-state index contributed by atoms with van der Waals surface area (Å²) in [5, 5.41) is 36.8. The van der Waals surface area contributed by atoms with Crippen LogP contribution in [-0.4, -0.2) is 62.1 Å². The number of hydrogen-bond acceptors (Lipinski definition) is 8. The summed E-state index contributed by atoms with van der Waals surface area (Å²) < 4.78 is 0. The summed E-state index contributed by atoms with van der Waals surface area (Å²) in [6, 6.07) is 0.641. The Bertz CT molecular complexity index is 553. The maximum Gasteiger partial charge on any atom is 0.335 e. The lowest BCUT2D eigenvalue weighted by atomic mass is 9.98. The van der Waals surface area contributed by atoms with Gasteiger partial charge in [-0.05, 0) is 32.2 Å². The van der Waals surface area contributed by atoms with Crippen molar-refractivity contribution in [3.63, 3.8) is 0 Å². The van der Waals surface area contributed by atoms with E-state index in [1.54, 1.807) is 11.3 Å². The Kier molecular flexibility index (Phi) is 10.6. The number of thiazole rings is 1. The molecule has 0 aliphatic heterocycles. The maximum atomic E-state index is 9.77. The van der Waals surface area contributed by atoms with Crippen molar-refractivity contribution in [2.75, 3.05) is 12.3 Å². The lowest BCUT2D eigenvalue weighted by Gasteiger charge is -2.21. The van der Waals surface area contributed by atoms with E-state index in [0.717, 1.165) is 24.5 Å². The number of aliphatic hydroxyl groups is 2. The van der Waals surface area contributed by atoms with Crippen LogP contribution < -0.4 is 11.1 Å². The van der Waals surface area contributed by atoms with Crippen LogP contribution >= 0.6 is 23.7 Å². The third-order valence-electron chi connectivity index (χ3n) is 3.44. The summed E-state index contributed by atoms with van der Waals surface area (Å²) in [6.45, 7) is 3.32. The van der Waals surface area contributed by atoms with Gasteiger partial charge in [0.2, 0.25) is 0 Å². The first-order valence-corrected chi connectivity index (χ1v) is 8.37. The highest BCUT2D eigenvalue weighted by Crippen LogP contribution is 2.27. The second-order valence-electron chi connectivity index (χ2n) is 5.38. The van der Waals surface area contributed by atoms with Gasteiger partial charge in [0.05, 0.1) is 5.69 Å². The van der Waals surface area contributed by atoms with Gasteiger partial charge in [-0.25, -0.2) is 14.6 Å². The van der Waals surface area contributed by atoms with Crippen LogP contribution in [0.1, 0.15) is 30.3 Å². The van der Waals surface area contributed by atoms with Crippen LogP contribution in [0.2, 0.25) is 0 Å². The number of aliphatic carboxylic acids is 2.